The molecule has 5 nitrogen and oxygen atoms in total. The fourth-order valence-electron chi connectivity index (χ4n) is 0.764. The van der Waals surface area contributed by atoms with Crippen molar-refractivity contribution in [3.05, 3.63) is 10.7 Å². The molecule has 1 aromatic rings. The second-order valence-corrected chi connectivity index (χ2v) is 3.12. The van der Waals surface area contributed by atoms with Crippen molar-refractivity contribution < 1.29 is 4.74 Å². The number of ether oxygens (including phenoxy) is 1. The van der Waals surface area contributed by atoms with Gasteiger partial charge in [0.2, 0.25) is 11.8 Å². The zero-order valence-corrected chi connectivity index (χ0v) is 8.84. The summed E-state index contributed by atoms with van der Waals surface area (Å²) in [6, 6.07) is 0. The SMILES string of the molecule is COc1nc(NCCN)ncc1Br. The van der Waals surface area contributed by atoms with E-state index in [2.05, 4.69) is 31.2 Å². The normalized spacial score (nSPS) is 9.77. The summed E-state index contributed by atoms with van der Waals surface area (Å²) in [5, 5.41) is 2.95. The highest BCUT2D eigenvalue weighted by Crippen LogP contribution is 2.21. The number of rotatable bonds is 4. The maximum Gasteiger partial charge on any atom is 0.232 e. The van der Waals surface area contributed by atoms with Gasteiger partial charge in [0.15, 0.2) is 0 Å². The van der Waals surface area contributed by atoms with E-state index in [1.165, 1.54) is 0 Å². The van der Waals surface area contributed by atoms with Gasteiger partial charge in [0, 0.05) is 13.1 Å². The molecule has 3 N–H and O–H groups in total. The molecule has 0 bridgehead atoms. The lowest BCUT2D eigenvalue weighted by Crippen LogP contribution is -2.14. The quantitative estimate of drug-likeness (QED) is 0.815. The summed E-state index contributed by atoms with van der Waals surface area (Å²) < 4.78 is 5.73. The summed E-state index contributed by atoms with van der Waals surface area (Å²) in [5.74, 6) is 1.03. The number of nitrogens with one attached hydrogen (secondary N) is 1. The molecule has 1 rings (SSSR count). The van der Waals surface area contributed by atoms with Gasteiger partial charge in [-0.15, -0.1) is 0 Å². The Hall–Kier alpha value is -0.880. The van der Waals surface area contributed by atoms with E-state index < -0.39 is 0 Å². The molecule has 13 heavy (non-hydrogen) atoms. The first-order valence-electron chi connectivity index (χ1n) is 3.78. The van der Waals surface area contributed by atoms with Crippen LogP contribution in [0.5, 0.6) is 5.88 Å². The third-order valence-corrected chi connectivity index (χ3v) is 1.88. The average Bonchev–Trinajstić information content (AvgIpc) is 2.16. The molecule has 0 spiro atoms. The first-order valence-corrected chi connectivity index (χ1v) is 4.57. The van der Waals surface area contributed by atoms with Crippen LogP contribution in [0.2, 0.25) is 0 Å². The van der Waals surface area contributed by atoms with Crippen LogP contribution >= 0.6 is 15.9 Å². The van der Waals surface area contributed by atoms with Crippen LogP contribution in [0.4, 0.5) is 5.95 Å². The molecule has 0 aromatic carbocycles. The van der Waals surface area contributed by atoms with Crippen molar-refractivity contribution in [2.45, 2.75) is 0 Å². The first kappa shape index (κ1) is 10.2. The van der Waals surface area contributed by atoms with Crippen LogP contribution in [0.1, 0.15) is 0 Å². The van der Waals surface area contributed by atoms with Crippen LogP contribution in [0.15, 0.2) is 10.7 Å². The minimum absolute atomic E-state index is 0.509. The van der Waals surface area contributed by atoms with E-state index in [9.17, 15) is 0 Å². The Bertz CT molecular complexity index is 281. The second-order valence-electron chi connectivity index (χ2n) is 2.27. The molecule has 0 aliphatic carbocycles. The maximum atomic E-state index is 5.32. The summed E-state index contributed by atoms with van der Waals surface area (Å²) in [7, 11) is 1.56. The summed E-state index contributed by atoms with van der Waals surface area (Å²) >= 11 is 3.26. The number of nitrogens with two attached hydrogens (primary N) is 1. The van der Waals surface area contributed by atoms with Crippen molar-refractivity contribution in [2.24, 2.45) is 5.73 Å². The van der Waals surface area contributed by atoms with Gasteiger partial charge in [-0.05, 0) is 15.9 Å². The molecule has 0 atom stereocenters. The Kier molecular flexibility index (Phi) is 3.91. The van der Waals surface area contributed by atoms with Gasteiger partial charge < -0.3 is 15.8 Å². The van der Waals surface area contributed by atoms with Crippen molar-refractivity contribution in [3.8, 4) is 5.88 Å². The molecule has 0 unspecified atom stereocenters. The van der Waals surface area contributed by atoms with Crippen molar-refractivity contribution in [3.63, 3.8) is 0 Å². The van der Waals surface area contributed by atoms with Gasteiger partial charge in [0.05, 0.1) is 17.8 Å². The molecule has 0 saturated heterocycles. The molecule has 1 aromatic heterocycles. The molecule has 6 heteroatoms. The Morgan fingerprint density at radius 2 is 2.46 bits per heavy atom. The fourth-order valence-corrected chi connectivity index (χ4v) is 1.12. The lowest BCUT2D eigenvalue weighted by atomic mass is 10.6. The Labute approximate surface area is 84.8 Å². The van der Waals surface area contributed by atoms with Crippen LogP contribution in [-0.2, 0) is 0 Å². The lowest BCUT2D eigenvalue weighted by Gasteiger charge is -2.05. The van der Waals surface area contributed by atoms with Crippen LogP contribution in [-0.4, -0.2) is 30.2 Å². The molecule has 0 aliphatic rings. The van der Waals surface area contributed by atoms with Crippen LogP contribution in [0, 0.1) is 0 Å². The predicted octanol–water partition coefficient (Wildman–Crippen LogP) is 0.618. The van der Waals surface area contributed by atoms with E-state index in [0.29, 0.717) is 24.9 Å². The van der Waals surface area contributed by atoms with Gasteiger partial charge in [0.1, 0.15) is 0 Å². The zero-order valence-electron chi connectivity index (χ0n) is 7.25. The summed E-state index contributed by atoms with van der Waals surface area (Å²) in [6.07, 6.45) is 1.63. The second kappa shape index (κ2) is 4.98. The smallest absolute Gasteiger partial charge is 0.232 e. The molecule has 0 amide bonds. The summed E-state index contributed by atoms with van der Waals surface area (Å²) in [6.45, 7) is 1.19. The van der Waals surface area contributed by atoms with Crippen molar-refractivity contribution in [1.82, 2.24) is 9.97 Å². The van der Waals surface area contributed by atoms with E-state index in [1.807, 2.05) is 0 Å². The van der Waals surface area contributed by atoms with E-state index in [-0.39, 0.29) is 0 Å². The highest BCUT2D eigenvalue weighted by Gasteiger charge is 2.03. The van der Waals surface area contributed by atoms with E-state index >= 15 is 0 Å². The number of methoxy groups -OCH3 is 1. The minimum atomic E-state index is 0.509. The first-order chi connectivity index (χ1) is 6.27. The third-order valence-electron chi connectivity index (χ3n) is 1.33. The molecular formula is C7H11BrN4O. The van der Waals surface area contributed by atoms with Crippen molar-refractivity contribution in [1.29, 1.82) is 0 Å². The third kappa shape index (κ3) is 2.82. The Morgan fingerprint density at radius 1 is 1.69 bits per heavy atom. The monoisotopic (exact) mass is 246 g/mol. The Balaban J connectivity index is 2.74. The highest BCUT2D eigenvalue weighted by atomic mass is 79.9. The summed E-state index contributed by atoms with van der Waals surface area (Å²) in [5.41, 5.74) is 5.32. The summed E-state index contributed by atoms with van der Waals surface area (Å²) in [4.78, 5) is 8.10. The number of halogens is 1. The predicted molar refractivity (Wildman–Crippen MR) is 53.8 cm³/mol. The van der Waals surface area contributed by atoms with Gasteiger partial charge >= 0.3 is 0 Å². The molecule has 0 fully saturated rings. The standard InChI is InChI=1S/C7H11BrN4O/c1-13-6-5(8)4-11-7(12-6)10-3-2-9/h4H,2-3,9H2,1H3,(H,10,11,12). The van der Waals surface area contributed by atoms with E-state index in [0.717, 1.165) is 4.47 Å². The number of nitrogens with zero attached hydrogens (tertiary/aromatic N) is 2. The number of hydrogen-bond acceptors (Lipinski definition) is 5. The number of anilines is 1. The van der Waals surface area contributed by atoms with Gasteiger partial charge in [-0.3, -0.25) is 0 Å². The minimum Gasteiger partial charge on any atom is -0.480 e. The average molecular weight is 247 g/mol. The van der Waals surface area contributed by atoms with Crippen molar-refractivity contribution in [2.75, 3.05) is 25.5 Å². The number of hydrogen-bond donors (Lipinski definition) is 2. The van der Waals surface area contributed by atoms with Gasteiger partial charge in [-0.1, -0.05) is 0 Å². The molecule has 0 radical (unpaired) electrons. The fraction of sp³-hybridized carbons (Fsp3) is 0.429. The van der Waals surface area contributed by atoms with Crippen LogP contribution in [0.25, 0.3) is 0 Å². The number of aromatic nitrogens is 2. The highest BCUT2D eigenvalue weighted by molar-refractivity contribution is 9.10. The zero-order chi connectivity index (χ0) is 9.68. The van der Waals surface area contributed by atoms with Gasteiger partial charge in [-0.2, -0.15) is 4.98 Å². The molecule has 0 saturated carbocycles. The van der Waals surface area contributed by atoms with Crippen molar-refractivity contribution >= 4 is 21.9 Å². The van der Waals surface area contributed by atoms with E-state index in [1.54, 1.807) is 13.3 Å². The van der Waals surface area contributed by atoms with E-state index in [4.69, 9.17) is 10.5 Å². The van der Waals surface area contributed by atoms with Crippen LogP contribution < -0.4 is 15.8 Å². The van der Waals surface area contributed by atoms with Crippen LogP contribution in [0.3, 0.4) is 0 Å². The largest absolute Gasteiger partial charge is 0.480 e. The molecule has 1 heterocycles. The van der Waals surface area contributed by atoms with Gasteiger partial charge in [0.25, 0.3) is 0 Å². The molecule has 72 valence electrons. The topological polar surface area (TPSA) is 73.1 Å². The maximum absolute atomic E-state index is 5.32. The molecular weight excluding hydrogens is 236 g/mol. The lowest BCUT2D eigenvalue weighted by molar-refractivity contribution is 0.394. The molecule has 0 aliphatic heterocycles. The van der Waals surface area contributed by atoms with Gasteiger partial charge in [-0.25, -0.2) is 4.98 Å². The Morgan fingerprint density at radius 3 is 3.08 bits per heavy atom.